The summed E-state index contributed by atoms with van der Waals surface area (Å²) in [7, 11) is 0. The van der Waals surface area contributed by atoms with Crippen molar-refractivity contribution in [2.24, 2.45) is 11.8 Å². The predicted molar refractivity (Wildman–Crippen MR) is 72.0 cm³/mol. The molecule has 0 amide bonds. The molecule has 3 N–H and O–H groups in total. The fraction of sp³-hybridized carbons (Fsp3) is 0.500. The molecule has 1 aliphatic heterocycles. The van der Waals surface area contributed by atoms with Gasteiger partial charge in [0.15, 0.2) is 5.69 Å². The number of halogens is 1. The van der Waals surface area contributed by atoms with Gasteiger partial charge in [0.1, 0.15) is 0 Å². The quantitative estimate of drug-likeness (QED) is 0.723. The number of carbonyl (C=O) groups is 2. The first-order valence-corrected chi connectivity index (χ1v) is 6.05. The SMILES string of the molecule is Cl.O=C(O)c1cnc(C[C@H](C(=O)O)[C@H]2CCNC2)cn1. The zero-order valence-electron chi connectivity index (χ0n) is 10.7. The van der Waals surface area contributed by atoms with Gasteiger partial charge in [0.25, 0.3) is 0 Å². The van der Waals surface area contributed by atoms with Crippen LogP contribution in [0.1, 0.15) is 22.6 Å². The molecule has 1 aromatic heterocycles. The Hall–Kier alpha value is -1.73. The number of carboxylic acids is 2. The molecule has 2 heterocycles. The van der Waals surface area contributed by atoms with Crippen LogP contribution in [0.5, 0.6) is 0 Å². The maximum absolute atomic E-state index is 11.3. The van der Waals surface area contributed by atoms with Gasteiger partial charge in [-0.2, -0.15) is 0 Å². The Kier molecular flexibility index (Phi) is 5.84. The second kappa shape index (κ2) is 7.16. The van der Waals surface area contributed by atoms with Crippen molar-refractivity contribution in [1.29, 1.82) is 0 Å². The molecule has 8 heteroatoms. The highest BCUT2D eigenvalue weighted by atomic mass is 35.5. The molecule has 0 saturated carbocycles. The minimum absolute atomic E-state index is 0. The van der Waals surface area contributed by atoms with Crippen LogP contribution in [0.2, 0.25) is 0 Å². The number of nitrogens with one attached hydrogen (secondary N) is 1. The maximum atomic E-state index is 11.3. The molecular formula is C12H16ClN3O4. The molecule has 2 rings (SSSR count). The minimum atomic E-state index is -1.14. The Labute approximate surface area is 121 Å². The van der Waals surface area contributed by atoms with E-state index in [9.17, 15) is 14.7 Å². The van der Waals surface area contributed by atoms with E-state index in [1.54, 1.807) is 0 Å². The van der Waals surface area contributed by atoms with Gasteiger partial charge >= 0.3 is 11.9 Å². The monoisotopic (exact) mass is 301 g/mol. The van der Waals surface area contributed by atoms with Crippen LogP contribution in [0.25, 0.3) is 0 Å². The van der Waals surface area contributed by atoms with Crippen molar-refractivity contribution >= 4 is 24.3 Å². The molecule has 0 spiro atoms. The summed E-state index contributed by atoms with van der Waals surface area (Å²) in [6.45, 7) is 1.52. The lowest BCUT2D eigenvalue weighted by atomic mass is 9.88. The van der Waals surface area contributed by atoms with E-state index >= 15 is 0 Å². The summed E-state index contributed by atoms with van der Waals surface area (Å²) in [4.78, 5) is 29.7. The molecule has 2 atom stereocenters. The van der Waals surface area contributed by atoms with E-state index in [0.29, 0.717) is 12.2 Å². The van der Waals surface area contributed by atoms with E-state index < -0.39 is 17.9 Å². The third-order valence-electron chi connectivity index (χ3n) is 3.34. The molecule has 0 unspecified atom stereocenters. The second-order valence-electron chi connectivity index (χ2n) is 4.60. The van der Waals surface area contributed by atoms with Crippen molar-refractivity contribution < 1.29 is 19.8 Å². The number of hydrogen-bond donors (Lipinski definition) is 3. The Morgan fingerprint density at radius 1 is 1.35 bits per heavy atom. The second-order valence-corrected chi connectivity index (χ2v) is 4.60. The number of aliphatic carboxylic acids is 1. The summed E-state index contributed by atoms with van der Waals surface area (Å²) < 4.78 is 0. The van der Waals surface area contributed by atoms with E-state index in [1.165, 1.54) is 6.20 Å². The van der Waals surface area contributed by atoms with Crippen LogP contribution < -0.4 is 5.32 Å². The zero-order valence-corrected chi connectivity index (χ0v) is 11.5. The molecule has 20 heavy (non-hydrogen) atoms. The average Bonchev–Trinajstić information content (AvgIpc) is 2.89. The largest absolute Gasteiger partial charge is 0.481 e. The Morgan fingerprint density at radius 3 is 2.55 bits per heavy atom. The van der Waals surface area contributed by atoms with Gasteiger partial charge < -0.3 is 15.5 Å². The first-order chi connectivity index (χ1) is 9.08. The Morgan fingerprint density at radius 2 is 2.10 bits per heavy atom. The predicted octanol–water partition coefficient (Wildman–Crippen LogP) is 0.449. The highest BCUT2D eigenvalue weighted by Crippen LogP contribution is 2.22. The highest BCUT2D eigenvalue weighted by Gasteiger charge is 2.31. The lowest BCUT2D eigenvalue weighted by molar-refractivity contribution is -0.143. The number of carboxylic acid groups (broad SMARTS) is 2. The third-order valence-corrected chi connectivity index (χ3v) is 3.34. The Bertz CT molecular complexity index is 474. The van der Waals surface area contributed by atoms with Gasteiger partial charge in [-0.05, 0) is 25.4 Å². The molecule has 1 aromatic rings. The van der Waals surface area contributed by atoms with E-state index in [2.05, 4.69) is 15.3 Å². The fourth-order valence-electron chi connectivity index (χ4n) is 2.27. The summed E-state index contributed by atoms with van der Waals surface area (Å²) in [5.74, 6) is -2.43. The molecule has 0 bridgehead atoms. The molecular weight excluding hydrogens is 286 g/mol. The summed E-state index contributed by atoms with van der Waals surface area (Å²) in [6, 6.07) is 0. The van der Waals surface area contributed by atoms with E-state index in [1.807, 2.05) is 0 Å². The normalized spacial score (nSPS) is 19.1. The van der Waals surface area contributed by atoms with Gasteiger partial charge in [0.2, 0.25) is 0 Å². The fourth-order valence-corrected chi connectivity index (χ4v) is 2.27. The molecule has 1 saturated heterocycles. The Balaban J connectivity index is 0.00000200. The first kappa shape index (κ1) is 16.3. The lowest BCUT2D eigenvalue weighted by Crippen LogP contribution is -2.27. The third kappa shape index (κ3) is 3.88. The van der Waals surface area contributed by atoms with Crippen LogP contribution in [0.15, 0.2) is 12.4 Å². The molecule has 110 valence electrons. The van der Waals surface area contributed by atoms with Crippen LogP contribution in [0.4, 0.5) is 0 Å². The summed E-state index contributed by atoms with van der Waals surface area (Å²) in [5, 5.41) is 21.1. The lowest BCUT2D eigenvalue weighted by Gasteiger charge is -2.17. The number of nitrogens with zero attached hydrogens (tertiary/aromatic N) is 2. The average molecular weight is 302 g/mol. The van der Waals surface area contributed by atoms with Crippen LogP contribution in [-0.4, -0.2) is 45.2 Å². The van der Waals surface area contributed by atoms with Crippen molar-refractivity contribution in [3.8, 4) is 0 Å². The van der Waals surface area contributed by atoms with Crippen LogP contribution in [0.3, 0.4) is 0 Å². The maximum Gasteiger partial charge on any atom is 0.356 e. The van der Waals surface area contributed by atoms with Gasteiger partial charge in [-0.25, -0.2) is 9.78 Å². The van der Waals surface area contributed by atoms with Crippen molar-refractivity contribution in [2.45, 2.75) is 12.8 Å². The van der Waals surface area contributed by atoms with Crippen molar-refractivity contribution in [3.05, 3.63) is 23.8 Å². The molecule has 0 radical (unpaired) electrons. The molecule has 7 nitrogen and oxygen atoms in total. The van der Waals surface area contributed by atoms with E-state index in [-0.39, 0.29) is 30.4 Å². The highest BCUT2D eigenvalue weighted by molar-refractivity contribution is 5.85. The topological polar surface area (TPSA) is 112 Å². The number of aromatic carboxylic acids is 1. The van der Waals surface area contributed by atoms with E-state index in [4.69, 9.17) is 5.11 Å². The molecule has 1 aliphatic rings. The number of rotatable bonds is 5. The van der Waals surface area contributed by atoms with E-state index in [0.717, 1.165) is 19.2 Å². The van der Waals surface area contributed by atoms with Crippen LogP contribution in [0, 0.1) is 11.8 Å². The molecule has 0 aromatic carbocycles. The molecule has 1 fully saturated rings. The smallest absolute Gasteiger partial charge is 0.356 e. The standard InChI is InChI=1S/C12H15N3O4.ClH/c16-11(17)9(7-1-2-13-4-7)3-8-5-15-10(6-14-8)12(18)19;/h5-7,9,13H,1-4H2,(H,16,17)(H,18,19);1H/t7-,9-;/m0./s1. The number of aromatic nitrogens is 2. The van der Waals surface area contributed by atoms with Crippen molar-refractivity contribution in [1.82, 2.24) is 15.3 Å². The summed E-state index contributed by atoms with van der Waals surface area (Å²) in [5.41, 5.74) is 0.363. The summed E-state index contributed by atoms with van der Waals surface area (Å²) >= 11 is 0. The first-order valence-electron chi connectivity index (χ1n) is 6.05. The van der Waals surface area contributed by atoms with Crippen molar-refractivity contribution in [2.75, 3.05) is 13.1 Å². The number of hydrogen-bond acceptors (Lipinski definition) is 5. The van der Waals surface area contributed by atoms with Gasteiger partial charge in [-0.1, -0.05) is 0 Å². The van der Waals surface area contributed by atoms with Crippen LogP contribution in [-0.2, 0) is 11.2 Å². The van der Waals surface area contributed by atoms with Gasteiger partial charge in [-0.3, -0.25) is 9.78 Å². The van der Waals surface area contributed by atoms with Gasteiger partial charge in [0.05, 0.1) is 17.8 Å². The molecule has 0 aliphatic carbocycles. The minimum Gasteiger partial charge on any atom is -0.481 e. The van der Waals surface area contributed by atoms with Crippen LogP contribution >= 0.6 is 12.4 Å². The van der Waals surface area contributed by atoms with Crippen molar-refractivity contribution in [3.63, 3.8) is 0 Å². The zero-order chi connectivity index (χ0) is 13.8. The van der Waals surface area contributed by atoms with Gasteiger partial charge in [0, 0.05) is 12.6 Å². The van der Waals surface area contributed by atoms with Gasteiger partial charge in [-0.15, -0.1) is 12.4 Å². The summed E-state index contributed by atoms with van der Waals surface area (Å²) in [6.07, 6.45) is 3.59.